The molecule has 30 heavy (non-hydrogen) atoms. The van der Waals surface area contributed by atoms with Gasteiger partial charge in [0.05, 0.1) is 0 Å². The maximum absolute atomic E-state index is 4.59. The van der Waals surface area contributed by atoms with Gasteiger partial charge in [0, 0.05) is 48.1 Å². The van der Waals surface area contributed by atoms with Gasteiger partial charge >= 0.3 is 0 Å². The number of hydrogen-bond donors (Lipinski definition) is 4. The Bertz CT molecular complexity index is 1300. The lowest BCUT2D eigenvalue weighted by Crippen LogP contribution is -2.09. The number of aryl methyl sites for hydroxylation is 1. The first-order chi connectivity index (χ1) is 14.7. The molecule has 2 aromatic carbocycles. The van der Waals surface area contributed by atoms with Crippen LogP contribution in [0.4, 0.5) is 11.8 Å². The van der Waals surface area contributed by atoms with Crippen LogP contribution in [0.15, 0.2) is 67.1 Å². The molecule has 0 saturated carbocycles. The van der Waals surface area contributed by atoms with Crippen LogP contribution in [0.1, 0.15) is 16.7 Å². The molecule has 3 aromatic heterocycles. The van der Waals surface area contributed by atoms with E-state index in [1.165, 1.54) is 33.0 Å². The molecule has 150 valence electrons. The van der Waals surface area contributed by atoms with Crippen LogP contribution in [0.25, 0.3) is 21.8 Å². The summed E-state index contributed by atoms with van der Waals surface area (Å²) in [5, 5.41) is 9.23. The lowest BCUT2D eigenvalue weighted by Gasteiger charge is -2.09. The average molecular weight is 396 g/mol. The van der Waals surface area contributed by atoms with Crippen molar-refractivity contribution in [2.75, 3.05) is 17.2 Å². The van der Waals surface area contributed by atoms with Gasteiger partial charge in [0.2, 0.25) is 5.95 Å². The minimum Gasteiger partial charge on any atom is -0.366 e. The van der Waals surface area contributed by atoms with E-state index in [1.807, 2.05) is 12.3 Å². The predicted octanol–water partition coefficient (Wildman–Crippen LogP) is 5.01. The predicted molar refractivity (Wildman–Crippen MR) is 123 cm³/mol. The number of nitrogens with one attached hydrogen (secondary N) is 4. The molecule has 0 radical (unpaired) electrons. The smallest absolute Gasteiger partial charge is 0.224 e. The molecule has 0 unspecified atom stereocenters. The number of nitrogens with zero attached hydrogens (tertiary/aromatic N) is 2. The van der Waals surface area contributed by atoms with E-state index in [-0.39, 0.29) is 0 Å². The van der Waals surface area contributed by atoms with Gasteiger partial charge in [-0.3, -0.25) is 0 Å². The molecule has 0 spiro atoms. The normalized spacial score (nSPS) is 11.2. The van der Waals surface area contributed by atoms with Gasteiger partial charge in [0.25, 0.3) is 0 Å². The summed E-state index contributed by atoms with van der Waals surface area (Å²) in [6.07, 6.45) is 6.73. The second-order valence-corrected chi connectivity index (χ2v) is 7.56. The summed E-state index contributed by atoms with van der Waals surface area (Å²) in [6, 6.07) is 16.9. The van der Waals surface area contributed by atoms with Crippen molar-refractivity contribution in [1.82, 2.24) is 19.9 Å². The summed E-state index contributed by atoms with van der Waals surface area (Å²) < 4.78 is 0. The molecule has 6 heteroatoms. The van der Waals surface area contributed by atoms with E-state index in [1.54, 1.807) is 6.20 Å². The SMILES string of the molecule is Cc1ccc2[nH]cc(CCNc3nccc(NCc4ccc5[nH]ccc5c4)n3)c2c1. The summed E-state index contributed by atoms with van der Waals surface area (Å²) >= 11 is 0. The van der Waals surface area contributed by atoms with Crippen LogP contribution >= 0.6 is 0 Å². The molecule has 5 rings (SSSR count). The van der Waals surface area contributed by atoms with E-state index in [4.69, 9.17) is 0 Å². The fraction of sp³-hybridized carbons (Fsp3) is 0.167. The zero-order valence-corrected chi connectivity index (χ0v) is 16.9. The van der Waals surface area contributed by atoms with Gasteiger partial charge in [-0.2, -0.15) is 4.98 Å². The number of H-pyrrole nitrogens is 2. The number of hydrogen-bond acceptors (Lipinski definition) is 4. The highest BCUT2D eigenvalue weighted by Gasteiger charge is 2.05. The molecule has 5 aromatic rings. The Hall–Kier alpha value is -3.80. The van der Waals surface area contributed by atoms with Crippen molar-refractivity contribution in [1.29, 1.82) is 0 Å². The molecule has 3 heterocycles. The van der Waals surface area contributed by atoms with Gasteiger partial charge in [-0.05, 0) is 66.3 Å². The van der Waals surface area contributed by atoms with Gasteiger partial charge in [0.1, 0.15) is 5.82 Å². The molecule has 0 atom stereocenters. The molecule has 0 aliphatic heterocycles. The van der Waals surface area contributed by atoms with Crippen molar-refractivity contribution in [2.24, 2.45) is 0 Å². The van der Waals surface area contributed by atoms with Gasteiger partial charge in [-0.25, -0.2) is 4.98 Å². The minimum atomic E-state index is 0.636. The molecular formula is C24H24N6. The fourth-order valence-electron chi connectivity index (χ4n) is 3.76. The van der Waals surface area contributed by atoms with Crippen LogP contribution in [0.3, 0.4) is 0 Å². The Labute approximate surface area is 174 Å². The highest BCUT2D eigenvalue weighted by atomic mass is 15.1. The van der Waals surface area contributed by atoms with Gasteiger partial charge in [-0.1, -0.05) is 17.7 Å². The van der Waals surface area contributed by atoms with Crippen LogP contribution in [0, 0.1) is 6.92 Å². The Morgan fingerprint density at radius 2 is 1.87 bits per heavy atom. The van der Waals surface area contributed by atoms with Gasteiger partial charge < -0.3 is 20.6 Å². The van der Waals surface area contributed by atoms with Crippen LogP contribution in [-0.2, 0) is 13.0 Å². The largest absolute Gasteiger partial charge is 0.366 e. The van der Waals surface area contributed by atoms with Crippen molar-refractivity contribution in [2.45, 2.75) is 19.9 Å². The van der Waals surface area contributed by atoms with Crippen molar-refractivity contribution in [3.63, 3.8) is 0 Å². The number of benzene rings is 2. The van der Waals surface area contributed by atoms with Crippen molar-refractivity contribution < 1.29 is 0 Å². The molecule has 6 nitrogen and oxygen atoms in total. The van der Waals surface area contributed by atoms with E-state index in [0.717, 1.165) is 24.3 Å². The van der Waals surface area contributed by atoms with E-state index >= 15 is 0 Å². The topological polar surface area (TPSA) is 81.4 Å². The lowest BCUT2D eigenvalue weighted by atomic mass is 10.1. The first-order valence-corrected chi connectivity index (χ1v) is 10.2. The second kappa shape index (κ2) is 7.91. The van der Waals surface area contributed by atoms with Gasteiger partial charge in [-0.15, -0.1) is 0 Å². The molecule has 4 N–H and O–H groups in total. The monoisotopic (exact) mass is 396 g/mol. The van der Waals surface area contributed by atoms with Crippen LogP contribution in [0.5, 0.6) is 0 Å². The first kappa shape index (κ1) is 18.2. The molecule has 0 aliphatic carbocycles. The Morgan fingerprint density at radius 1 is 0.933 bits per heavy atom. The summed E-state index contributed by atoms with van der Waals surface area (Å²) in [7, 11) is 0. The quantitative estimate of drug-likeness (QED) is 0.312. The van der Waals surface area contributed by atoms with E-state index < -0.39 is 0 Å². The molecule has 0 aliphatic rings. The molecule has 0 fully saturated rings. The van der Waals surface area contributed by atoms with E-state index in [2.05, 4.69) is 86.2 Å². The third-order valence-electron chi connectivity index (χ3n) is 5.35. The maximum atomic E-state index is 4.59. The second-order valence-electron chi connectivity index (χ2n) is 7.56. The summed E-state index contributed by atoms with van der Waals surface area (Å²) in [5.74, 6) is 1.45. The number of anilines is 2. The van der Waals surface area contributed by atoms with Crippen molar-refractivity contribution in [3.05, 3.63) is 83.8 Å². The third kappa shape index (κ3) is 3.85. The Kier molecular flexibility index (Phi) is 4.81. The average Bonchev–Trinajstić information content (AvgIpc) is 3.39. The van der Waals surface area contributed by atoms with E-state index in [9.17, 15) is 0 Å². The third-order valence-corrected chi connectivity index (χ3v) is 5.35. The Morgan fingerprint density at radius 3 is 2.83 bits per heavy atom. The minimum absolute atomic E-state index is 0.636. The molecule has 0 saturated heterocycles. The van der Waals surface area contributed by atoms with E-state index in [0.29, 0.717) is 12.5 Å². The zero-order chi connectivity index (χ0) is 20.3. The fourth-order valence-corrected chi connectivity index (χ4v) is 3.76. The van der Waals surface area contributed by atoms with Gasteiger partial charge in [0.15, 0.2) is 0 Å². The summed E-state index contributed by atoms with van der Waals surface area (Å²) in [5.41, 5.74) is 6.11. The van der Waals surface area contributed by atoms with Crippen LogP contribution in [-0.4, -0.2) is 26.5 Å². The van der Waals surface area contributed by atoms with Crippen molar-refractivity contribution >= 4 is 33.6 Å². The first-order valence-electron chi connectivity index (χ1n) is 10.2. The summed E-state index contributed by atoms with van der Waals surface area (Å²) in [4.78, 5) is 15.5. The Balaban J connectivity index is 1.19. The lowest BCUT2D eigenvalue weighted by molar-refractivity contribution is 0.985. The number of aromatic nitrogens is 4. The summed E-state index contributed by atoms with van der Waals surface area (Å²) in [6.45, 7) is 3.61. The van der Waals surface area contributed by atoms with Crippen LogP contribution in [0.2, 0.25) is 0 Å². The standard InChI is InChI=1S/C24H24N6/c1-16-2-4-22-20(12-16)19(15-28-22)7-10-26-24-27-11-8-23(30-24)29-14-17-3-5-21-18(13-17)6-9-25-21/h2-6,8-9,11-13,15,25,28H,7,10,14H2,1H3,(H2,26,27,29,30). The molecule has 0 amide bonds. The molecule has 0 bridgehead atoms. The number of fused-ring (bicyclic) bond motifs is 2. The number of aromatic amines is 2. The van der Waals surface area contributed by atoms with Crippen LogP contribution < -0.4 is 10.6 Å². The zero-order valence-electron chi connectivity index (χ0n) is 16.9. The molecular weight excluding hydrogens is 372 g/mol. The van der Waals surface area contributed by atoms with Crippen molar-refractivity contribution in [3.8, 4) is 0 Å². The maximum Gasteiger partial charge on any atom is 0.224 e. The highest BCUT2D eigenvalue weighted by Crippen LogP contribution is 2.20. The highest BCUT2D eigenvalue weighted by molar-refractivity contribution is 5.84. The number of rotatable bonds is 7.